The van der Waals surface area contributed by atoms with Crippen LogP contribution in [0.25, 0.3) is 0 Å². The zero-order chi connectivity index (χ0) is 33.9. The van der Waals surface area contributed by atoms with E-state index in [1.165, 1.54) is 0 Å². The van der Waals surface area contributed by atoms with Crippen molar-refractivity contribution in [2.45, 2.75) is 130 Å². The van der Waals surface area contributed by atoms with Gasteiger partial charge in [-0.05, 0) is 6.42 Å². The second-order valence-corrected chi connectivity index (χ2v) is 12.1. The van der Waals surface area contributed by atoms with Crippen LogP contribution in [-0.2, 0) is 33.2 Å². The van der Waals surface area contributed by atoms with E-state index in [1.54, 1.807) is 0 Å². The van der Waals surface area contributed by atoms with E-state index in [9.17, 15) is 45.6 Å². The second-order valence-electron chi connectivity index (χ2n) is 12.1. The molecule has 0 bridgehead atoms. The molecule has 0 aromatic heterocycles. The maximum atomic E-state index is 12.6. The van der Waals surface area contributed by atoms with Crippen molar-refractivity contribution in [3.05, 3.63) is 0 Å². The van der Waals surface area contributed by atoms with E-state index in [4.69, 9.17) is 51.4 Å². The van der Waals surface area contributed by atoms with Crippen LogP contribution in [0.4, 0.5) is 0 Å². The Hall–Kier alpha value is -1.25. The highest BCUT2D eigenvalue weighted by molar-refractivity contribution is 5.81. The van der Waals surface area contributed by atoms with Gasteiger partial charge in [0.25, 0.3) is 5.91 Å². The summed E-state index contributed by atoms with van der Waals surface area (Å²) in [5.74, 6) is -1.05. The van der Waals surface area contributed by atoms with Gasteiger partial charge in [-0.25, -0.2) is 0 Å². The second kappa shape index (κ2) is 16.4. The quantitative estimate of drug-likeness (QED) is 0.0915. The third kappa shape index (κ3) is 8.48. The summed E-state index contributed by atoms with van der Waals surface area (Å²) in [7, 11) is 0. The summed E-state index contributed by atoms with van der Waals surface area (Å²) < 4.78 is 34.8. The minimum absolute atomic E-state index is 0.0424. The summed E-state index contributed by atoms with van der Waals surface area (Å²) in [6, 6.07) is -3.25. The number of carbonyl (C=O) groups is 1. The lowest BCUT2D eigenvalue weighted by Crippen LogP contribution is -2.68. The van der Waals surface area contributed by atoms with Gasteiger partial charge < -0.3 is 97.5 Å². The molecular formula is C26H49N5O15. The van der Waals surface area contributed by atoms with Crippen LogP contribution < -0.4 is 28.3 Å². The third-order valence-electron chi connectivity index (χ3n) is 8.77. The van der Waals surface area contributed by atoms with Gasteiger partial charge in [-0.2, -0.15) is 0 Å². The number of rotatable bonds is 12. The zero-order valence-electron chi connectivity index (χ0n) is 25.1. The molecule has 0 radical (unpaired) electrons. The highest BCUT2D eigenvalue weighted by Gasteiger charge is 2.53. The van der Waals surface area contributed by atoms with Crippen LogP contribution in [0.5, 0.6) is 0 Å². The molecule has 0 aromatic rings. The fourth-order valence-corrected chi connectivity index (χ4v) is 5.96. The van der Waals surface area contributed by atoms with Gasteiger partial charge >= 0.3 is 0 Å². The molecule has 4 fully saturated rings. The summed E-state index contributed by atoms with van der Waals surface area (Å²) in [5.41, 5.74) is 23.7. The predicted molar refractivity (Wildman–Crippen MR) is 151 cm³/mol. The van der Waals surface area contributed by atoms with Crippen molar-refractivity contribution < 1.29 is 74.1 Å². The van der Waals surface area contributed by atoms with Gasteiger partial charge in [-0.1, -0.05) is 0 Å². The Morgan fingerprint density at radius 3 is 2.17 bits per heavy atom. The lowest BCUT2D eigenvalue weighted by Gasteiger charge is -2.47. The molecule has 20 nitrogen and oxygen atoms in total. The number of nitrogens with one attached hydrogen (secondary N) is 1. The Labute approximate surface area is 264 Å². The highest BCUT2D eigenvalue weighted by atomic mass is 16.8. The number of aliphatic hydroxyl groups excluding tert-OH is 8. The van der Waals surface area contributed by atoms with Gasteiger partial charge in [-0.15, -0.1) is 0 Å². The summed E-state index contributed by atoms with van der Waals surface area (Å²) in [5, 5.41) is 85.1. The van der Waals surface area contributed by atoms with E-state index in [0.717, 1.165) is 0 Å². The van der Waals surface area contributed by atoms with Crippen LogP contribution >= 0.6 is 0 Å². The fraction of sp³-hybridized carbons (Fsp3) is 0.962. The van der Waals surface area contributed by atoms with Gasteiger partial charge in [0.1, 0.15) is 48.8 Å². The SMILES string of the molecule is NC[C@@H]1C[C@@H](O)[C@@H](N)[C@@H](O[C@H]2[C@H](O[C@@H]3O[C@H](CO)[C@@H](O[C@@H]4C[C@@H](O)[C@H](O)CO4)[C@H]3O)[C@@H](O)[C@H](NC(=O)[C@@H](O)[C@@H](O)CN)C[C@@H]2N)O1. The van der Waals surface area contributed by atoms with Gasteiger partial charge in [-0.3, -0.25) is 4.79 Å². The van der Waals surface area contributed by atoms with Crippen molar-refractivity contribution >= 4 is 5.91 Å². The van der Waals surface area contributed by atoms with E-state index in [0.29, 0.717) is 0 Å². The molecule has 3 saturated heterocycles. The summed E-state index contributed by atoms with van der Waals surface area (Å²) in [6.45, 7) is -1.26. The number of carbonyl (C=O) groups excluding carboxylic acids is 1. The van der Waals surface area contributed by atoms with Crippen molar-refractivity contribution in [3.8, 4) is 0 Å². The average Bonchev–Trinajstić information content (AvgIpc) is 3.33. The van der Waals surface area contributed by atoms with E-state index in [1.807, 2.05) is 0 Å². The van der Waals surface area contributed by atoms with Crippen LogP contribution in [0.2, 0.25) is 0 Å². The Morgan fingerprint density at radius 2 is 1.54 bits per heavy atom. The first-order chi connectivity index (χ1) is 21.8. The number of nitrogens with two attached hydrogens (primary N) is 4. The van der Waals surface area contributed by atoms with Crippen LogP contribution in [0, 0.1) is 0 Å². The highest BCUT2D eigenvalue weighted by Crippen LogP contribution is 2.34. The molecule has 3 heterocycles. The van der Waals surface area contributed by atoms with E-state index in [2.05, 4.69) is 5.32 Å². The molecule has 1 saturated carbocycles. The van der Waals surface area contributed by atoms with Crippen molar-refractivity contribution in [3.63, 3.8) is 0 Å². The van der Waals surface area contributed by atoms with Crippen LogP contribution in [0.3, 0.4) is 0 Å². The molecule has 4 rings (SSSR count). The number of hydrogen-bond donors (Lipinski definition) is 13. The molecule has 46 heavy (non-hydrogen) atoms. The number of amides is 1. The largest absolute Gasteiger partial charge is 0.394 e. The summed E-state index contributed by atoms with van der Waals surface area (Å²) in [6.07, 6.45) is -19.9. The van der Waals surface area contributed by atoms with Crippen molar-refractivity contribution in [1.82, 2.24) is 5.32 Å². The first kappa shape index (κ1) is 37.6. The van der Waals surface area contributed by atoms with E-state index in [-0.39, 0.29) is 32.4 Å². The van der Waals surface area contributed by atoms with Gasteiger partial charge in [0.05, 0.1) is 43.6 Å². The van der Waals surface area contributed by atoms with Gasteiger partial charge in [0.15, 0.2) is 25.0 Å². The molecule has 268 valence electrons. The number of aliphatic hydroxyl groups is 8. The molecule has 20 heteroatoms. The molecule has 1 aliphatic carbocycles. The monoisotopic (exact) mass is 671 g/mol. The van der Waals surface area contributed by atoms with Crippen molar-refractivity contribution in [2.24, 2.45) is 22.9 Å². The fourth-order valence-electron chi connectivity index (χ4n) is 5.96. The summed E-state index contributed by atoms with van der Waals surface area (Å²) >= 11 is 0. The number of hydrogen-bond acceptors (Lipinski definition) is 19. The predicted octanol–water partition coefficient (Wildman–Crippen LogP) is -8.29. The minimum atomic E-state index is -1.92. The first-order valence-electron chi connectivity index (χ1n) is 15.3. The molecule has 0 spiro atoms. The molecule has 18 atom stereocenters. The Kier molecular flexibility index (Phi) is 13.4. The van der Waals surface area contributed by atoms with Crippen molar-refractivity contribution in [2.75, 3.05) is 26.3 Å². The van der Waals surface area contributed by atoms with Gasteiger partial charge in [0, 0.05) is 32.0 Å². The zero-order valence-corrected chi connectivity index (χ0v) is 25.1. The van der Waals surface area contributed by atoms with Crippen LogP contribution in [-0.4, -0.2) is 183 Å². The molecular weight excluding hydrogens is 622 g/mol. The molecule has 3 aliphatic heterocycles. The van der Waals surface area contributed by atoms with E-state index < -0.39 is 129 Å². The Balaban J connectivity index is 1.54. The van der Waals surface area contributed by atoms with Crippen LogP contribution in [0.15, 0.2) is 0 Å². The molecule has 0 unspecified atom stereocenters. The average molecular weight is 672 g/mol. The molecule has 0 aromatic carbocycles. The molecule has 1 amide bonds. The molecule has 17 N–H and O–H groups in total. The Bertz CT molecular complexity index is 977. The first-order valence-corrected chi connectivity index (χ1v) is 15.3. The summed E-state index contributed by atoms with van der Waals surface area (Å²) in [4.78, 5) is 12.6. The lowest BCUT2D eigenvalue weighted by molar-refractivity contribution is -0.295. The number of ether oxygens (including phenoxy) is 6. The van der Waals surface area contributed by atoms with Crippen LogP contribution in [0.1, 0.15) is 19.3 Å². The van der Waals surface area contributed by atoms with E-state index >= 15 is 0 Å². The smallest absolute Gasteiger partial charge is 0.251 e. The molecule has 4 aliphatic rings. The maximum absolute atomic E-state index is 12.6. The third-order valence-corrected chi connectivity index (χ3v) is 8.77. The Morgan fingerprint density at radius 1 is 0.848 bits per heavy atom. The minimum Gasteiger partial charge on any atom is -0.394 e. The standard InChI is InChI=1S/C26H49N5O15/c27-4-8-1-12(34)17(30)25(42-8)45-21-9(29)2-10(31-24(40)19(38)13(35)5-28)18(37)23(21)46-26-20(39)22(15(6-32)43-26)44-16-3-11(33)14(36)7-41-16/h8-23,25-26,32-39H,1-7,27-30H2,(H,31,40)/t8-,9-,10+,11+,12+,13-,14+,15+,16+,17+,18-,19-,20+,21+,22+,23+,25+,26-/m0/s1. The topological polar surface area (TPSA) is 350 Å². The maximum Gasteiger partial charge on any atom is 0.251 e. The van der Waals surface area contributed by atoms with Crippen molar-refractivity contribution in [1.29, 1.82) is 0 Å². The lowest BCUT2D eigenvalue weighted by atomic mass is 9.83. The van der Waals surface area contributed by atoms with Gasteiger partial charge in [0.2, 0.25) is 0 Å². The normalized spacial score (nSPS) is 46.5.